The van der Waals surface area contributed by atoms with E-state index in [1.165, 1.54) is 24.3 Å². The van der Waals surface area contributed by atoms with E-state index in [1.807, 2.05) is 0 Å². The van der Waals surface area contributed by atoms with Crippen molar-refractivity contribution in [3.8, 4) is 0 Å². The van der Waals surface area contributed by atoms with Crippen molar-refractivity contribution in [2.75, 3.05) is 6.26 Å². The van der Waals surface area contributed by atoms with E-state index in [4.69, 9.17) is 0 Å². The third-order valence-corrected chi connectivity index (χ3v) is 3.80. The lowest BCUT2D eigenvalue weighted by atomic mass is 10.4. The minimum Gasteiger partial charge on any atom is -0.199 e. The first-order valence-electron chi connectivity index (χ1n) is 3.52. The van der Waals surface area contributed by atoms with Gasteiger partial charge in [0.1, 0.15) is 0 Å². The highest BCUT2D eigenvalue weighted by Crippen LogP contribution is 2.12. The maximum atomic E-state index is 11.2. The minimum atomic E-state index is -4.21. The second kappa shape index (κ2) is 3.68. The summed E-state index contributed by atoms with van der Waals surface area (Å²) in [5.74, 6) is 0. The molecular formula is C7H8O5S2. The number of benzene rings is 1. The van der Waals surface area contributed by atoms with Crippen LogP contribution in [0.4, 0.5) is 0 Å². The summed E-state index contributed by atoms with van der Waals surface area (Å²) in [6, 6.07) is 7.05. The molecular weight excluding hydrogens is 228 g/mol. The van der Waals surface area contributed by atoms with Crippen molar-refractivity contribution in [2.45, 2.75) is 4.90 Å². The maximum absolute atomic E-state index is 11.2. The van der Waals surface area contributed by atoms with Gasteiger partial charge in [-0.3, -0.25) is 0 Å². The van der Waals surface area contributed by atoms with Crippen LogP contribution in [0.3, 0.4) is 0 Å². The Kier molecular flexibility index (Phi) is 2.93. The van der Waals surface area contributed by atoms with Gasteiger partial charge in [0.25, 0.3) is 10.1 Å². The van der Waals surface area contributed by atoms with Gasteiger partial charge in [0, 0.05) is 0 Å². The topological polar surface area (TPSA) is 77.5 Å². The molecule has 7 heteroatoms. The lowest BCUT2D eigenvalue weighted by Crippen LogP contribution is -2.12. The molecule has 14 heavy (non-hydrogen) atoms. The molecule has 78 valence electrons. The van der Waals surface area contributed by atoms with Crippen LogP contribution in [0, 0.1) is 0 Å². The summed E-state index contributed by atoms with van der Waals surface area (Å²) >= 11 is 0. The largest absolute Gasteiger partial charge is 0.311 e. The predicted molar refractivity (Wildman–Crippen MR) is 49.6 cm³/mol. The van der Waals surface area contributed by atoms with Gasteiger partial charge in [-0.25, -0.2) is 0 Å². The smallest absolute Gasteiger partial charge is 0.199 e. The normalized spacial score (nSPS) is 12.6. The highest BCUT2D eigenvalue weighted by atomic mass is 32.3. The maximum Gasteiger partial charge on any atom is 0.311 e. The van der Waals surface area contributed by atoms with Gasteiger partial charge < -0.3 is 0 Å². The van der Waals surface area contributed by atoms with E-state index in [2.05, 4.69) is 3.63 Å². The van der Waals surface area contributed by atoms with Gasteiger partial charge >= 0.3 is 10.1 Å². The van der Waals surface area contributed by atoms with Crippen molar-refractivity contribution in [1.29, 1.82) is 0 Å². The molecule has 0 saturated carbocycles. The van der Waals surface area contributed by atoms with E-state index in [9.17, 15) is 16.8 Å². The summed E-state index contributed by atoms with van der Waals surface area (Å²) in [5, 5.41) is 0. The van der Waals surface area contributed by atoms with Crippen LogP contribution in [-0.4, -0.2) is 23.1 Å². The van der Waals surface area contributed by atoms with E-state index in [1.54, 1.807) is 6.07 Å². The highest BCUT2D eigenvalue weighted by Gasteiger charge is 2.20. The lowest BCUT2D eigenvalue weighted by Gasteiger charge is -2.01. The Labute approximate surface area is 82.6 Å². The third kappa shape index (κ3) is 3.09. The molecule has 0 heterocycles. The Morgan fingerprint density at radius 2 is 1.50 bits per heavy atom. The molecule has 0 saturated heterocycles. The number of hydrogen-bond donors (Lipinski definition) is 0. The zero-order valence-electron chi connectivity index (χ0n) is 7.24. The first-order valence-corrected chi connectivity index (χ1v) is 6.75. The number of rotatable bonds is 3. The monoisotopic (exact) mass is 236 g/mol. The van der Waals surface area contributed by atoms with Crippen LogP contribution in [-0.2, 0) is 23.9 Å². The van der Waals surface area contributed by atoms with Crippen molar-refractivity contribution >= 4 is 20.2 Å². The fraction of sp³-hybridized carbons (Fsp3) is 0.143. The Hall–Kier alpha value is -0.920. The van der Waals surface area contributed by atoms with Crippen molar-refractivity contribution in [2.24, 2.45) is 0 Å². The van der Waals surface area contributed by atoms with E-state index in [0.717, 1.165) is 0 Å². The molecule has 0 aliphatic heterocycles. The van der Waals surface area contributed by atoms with Crippen LogP contribution in [0.5, 0.6) is 0 Å². The van der Waals surface area contributed by atoms with E-state index >= 15 is 0 Å². The van der Waals surface area contributed by atoms with Gasteiger partial charge in [-0.05, 0) is 12.1 Å². The Balaban J connectivity index is 3.12. The van der Waals surface area contributed by atoms with Crippen molar-refractivity contribution in [3.63, 3.8) is 0 Å². The molecule has 0 aliphatic carbocycles. The molecule has 1 rings (SSSR count). The molecule has 0 unspecified atom stereocenters. The quantitative estimate of drug-likeness (QED) is 0.756. The Bertz CT molecular complexity index is 500. The lowest BCUT2D eigenvalue weighted by molar-refractivity contribution is 0.466. The third-order valence-electron chi connectivity index (χ3n) is 1.25. The molecule has 0 atom stereocenters. The first kappa shape index (κ1) is 11.2. The molecule has 1 aromatic carbocycles. The van der Waals surface area contributed by atoms with E-state index in [-0.39, 0.29) is 4.90 Å². The molecule has 0 bridgehead atoms. The van der Waals surface area contributed by atoms with E-state index < -0.39 is 20.2 Å². The van der Waals surface area contributed by atoms with Gasteiger partial charge in [0.15, 0.2) is 0 Å². The molecule has 0 amide bonds. The molecule has 0 fully saturated rings. The summed E-state index contributed by atoms with van der Waals surface area (Å²) in [7, 11) is -8.22. The summed E-state index contributed by atoms with van der Waals surface area (Å²) in [5.41, 5.74) is 0. The zero-order valence-corrected chi connectivity index (χ0v) is 8.88. The highest BCUT2D eigenvalue weighted by molar-refractivity contribution is 7.99. The Morgan fingerprint density at radius 3 is 1.93 bits per heavy atom. The van der Waals surface area contributed by atoms with Crippen LogP contribution < -0.4 is 0 Å². The van der Waals surface area contributed by atoms with Crippen LogP contribution in [0.2, 0.25) is 0 Å². The summed E-state index contributed by atoms with van der Waals surface area (Å²) in [6.45, 7) is 0. The molecule has 0 N–H and O–H groups in total. The average molecular weight is 236 g/mol. The van der Waals surface area contributed by atoms with Gasteiger partial charge in [0.05, 0.1) is 11.2 Å². The van der Waals surface area contributed by atoms with Crippen LogP contribution in [0.15, 0.2) is 35.2 Å². The van der Waals surface area contributed by atoms with Crippen molar-refractivity contribution in [3.05, 3.63) is 30.3 Å². The van der Waals surface area contributed by atoms with Crippen LogP contribution in [0.25, 0.3) is 0 Å². The summed E-state index contributed by atoms with van der Waals surface area (Å²) < 4.78 is 47.7. The second-order valence-electron chi connectivity index (χ2n) is 2.54. The van der Waals surface area contributed by atoms with Gasteiger partial charge in [0.2, 0.25) is 0 Å². The van der Waals surface area contributed by atoms with Gasteiger partial charge in [-0.15, -0.1) is 3.63 Å². The van der Waals surface area contributed by atoms with Crippen molar-refractivity contribution in [1.82, 2.24) is 0 Å². The fourth-order valence-electron chi connectivity index (χ4n) is 0.789. The first-order chi connectivity index (χ1) is 6.31. The van der Waals surface area contributed by atoms with Crippen LogP contribution >= 0.6 is 0 Å². The second-order valence-corrected chi connectivity index (χ2v) is 5.87. The predicted octanol–water partition coefficient (Wildman–Crippen LogP) is 0.352. The summed E-state index contributed by atoms with van der Waals surface area (Å²) in [4.78, 5) is -0.189. The molecule has 0 aromatic heterocycles. The Morgan fingerprint density at radius 1 is 1.00 bits per heavy atom. The molecule has 1 aromatic rings. The van der Waals surface area contributed by atoms with Crippen LogP contribution in [0.1, 0.15) is 0 Å². The number of hydrogen-bond acceptors (Lipinski definition) is 5. The minimum absolute atomic E-state index is 0.189. The molecule has 0 spiro atoms. The molecule has 0 radical (unpaired) electrons. The van der Waals surface area contributed by atoms with Gasteiger partial charge in [-0.2, -0.15) is 16.8 Å². The van der Waals surface area contributed by atoms with Crippen molar-refractivity contribution < 1.29 is 20.5 Å². The standard InChI is InChI=1S/C7H8O5S2/c1-13(8,9)12-14(10,11)7-5-3-2-4-6-7/h2-6H,1H3. The summed E-state index contributed by atoms with van der Waals surface area (Å²) in [6.07, 6.45) is 0.674. The SMILES string of the molecule is CS(=O)(=O)OS(=O)(=O)c1ccccc1. The van der Waals surface area contributed by atoms with E-state index in [0.29, 0.717) is 6.26 Å². The van der Waals surface area contributed by atoms with Gasteiger partial charge in [-0.1, -0.05) is 18.2 Å². The molecule has 5 nitrogen and oxygen atoms in total. The fourth-order valence-corrected chi connectivity index (χ4v) is 2.90. The molecule has 0 aliphatic rings. The average Bonchev–Trinajstić information content (AvgIpc) is 2.01. The zero-order chi connectivity index (χ0) is 10.8.